The highest BCUT2D eigenvalue weighted by atomic mass is 16.5. The molecule has 1 atom stereocenters. The summed E-state index contributed by atoms with van der Waals surface area (Å²) < 4.78 is 6.93. The summed E-state index contributed by atoms with van der Waals surface area (Å²) in [6, 6.07) is 17.8. The smallest absolute Gasteiger partial charge is 0.358 e. The summed E-state index contributed by atoms with van der Waals surface area (Å²) in [5.41, 5.74) is 4.72. The number of nitrogens with zero attached hydrogens (tertiary/aromatic N) is 3. The van der Waals surface area contributed by atoms with Crippen LogP contribution in [0, 0.1) is 0 Å². The summed E-state index contributed by atoms with van der Waals surface area (Å²) in [7, 11) is 0. The van der Waals surface area contributed by atoms with Crippen LogP contribution in [0.4, 0.5) is 0 Å². The minimum Gasteiger partial charge on any atom is -0.461 e. The quantitative estimate of drug-likeness (QED) is 0.426. The fourth-order valence-corrected chi connectivity index (χ4v) is 4.60. The number of rotatable bonds is 7. The predicted molar refractivity (Wildman–Crippen MR) is 133 cm³/mol. The van der Waals surface area contributed by atoms with Gasteiger partial charge in [-0.1, -0.05) is 38.1 Å². The molecule has 6 nitrogen and oxygen atoms in total. The molecule has 1 saturated heterocycles. The molecule has 1 fully saturated rings. The fourth-order valence-electron chi connectivity index (χ4n) is 4.60. The minimum absolute atomic E-state index is 0.0844. The molecule has 0 N–H and O–H groups in total. The van der Waals surface area contributed by atoms with Crippen molar-refractivity contribution in [3.05, 3.63) is 71.4 Å². The summed E-state index contributed by atoms with van der Waals surface area (Å²) in [5.74, 6) is -0.365. The van der Waals surface area contributed by atoms with Crippen LogP contribution in [-0.4, -0.2) is 45.8 Å². The van der Waals surface area contributed by atoms with Gasteiger partial charge in [-0.2, -0.15) is 5.10 Å². The maximum Gasteiger partial charge on any atom is 0.358 e. The number of hydrogen-bond donors (Lipinski definition) is 0. The molecule has 0 radical (unpaired) electrons. The van der Waals surface area contributed by atoms with Crippen LogP contribution in [0.1, 0.15) is 72.9 Å². The van der Waals surface area contributed by atoms with E-state index in [1.165, 1.54) is 12.0 Å². The van der Waals surface area contributed by atoms with Gasteiger partial charge in [0.15, 0.2) is 5.69 Å². The Morgan fingerprint density at radius 1 is 1.00 bits per heavy atom. The van der Waals surface area contributed by atoms with Crippen molar-refractivity contribution in [2.75, 3.05) is 13.2 Å². The number of hydrogen-bond acceptors (Lipinski definition) is 4. The molecular formula is C28H33N3O3. The topological polar surface area (TPSA) is 64.4 Å². The molecule has 34 heavy (non-hydrogen) atoms. The average Bonchev–Trinajstić information content (AvgIpc) is 3.34. The summed E-state index contributed by atoms with van der Waals surface area (Å²) in [4.78, 5) is 27.6. The number of esters is 1. The highest BCUT2D eigenvalue weighted by molar-refractivity contribution is 5.94. The second-order valence-corrected chi connectivity index (χ2v) is 8.70. The van der Waals surface area contributed by atoms with Crippen LogP contribution in [0.5, 0.6) is 0 Å². The predicted octanol–water partition coefficient (Wildman–Crippen LogP) is 5.68. The van der Waals surface area contributed by atoms with E-state index < -0.39 is 5.97 Å². The minimum atomic E-state index is -0.449. The van der Waals surface area contributed by atoms with Crippen molar-refractivity contribution in [1.29, 1.82) is 0 Å². The Morgan fingerprint density at radius 2 is 1.74 bits per heavy atom. The van der Waals surface area contributed by atoms with E-state index in [4.69, 9.17) is 4.74 Å². The Labute approximate surface area is 201 Å². The molecule has 1 amide bonds. The third-order valence-electron chi connectivity index (χ3n) is 6.57. The monoisotopic (exact) mass is 459 g/mol. The van der Waals surface area contributed by atoms with Crippen molar-refractivity contribution >= 4 is 11.9 Å². The van der Waals surface area contributed by atoms with Gasteiger partial charge in [-0.3, -0.25) is 4.79 Å². The first-order chi connectivity index (χ1) is 16.5. The number of piperidine rings is 1. The van der Waals surface area contributed by atoms with Crippen LogP contribution in [0.15, 0.2) is 54.6 Å². The molecule has 0 aliphatic carbocycles. The molecule has 178 valence electrons. The van der Waals surface area contributed by atoms with E-state index in [2.05, 4.69) is 31.1 Å². The van der Waals surface area contributed by atoms with Crippen molar-refractivity contribution < 1.29 is 14.3 Å². The Bertz CT molecular complexity index is 1130. The number of amides is 1. The van der Waals surface area contributed by atoms with Crippen molar-refractivity contribution in [2.45, 2.75) is 58.9 Å². The number of ether oxygens (including phenoxy) is 1. The first-order valence-corrected chi connectivity index (χ1v) is 12.3. The lowest BCUT2D eigenvalue weighted by Crippen LogP contribution is -2.43. The summed E-state index contributed by atoms with van der Waals surface area (Å²) in [5, 5.41) is 4.55. The maximum absolute atomic E-state index is 13.2. The number of aromatic nitrogens is 2. The molecule has 1 unspecified atom stereocenters. The SMILES string of the molecule is CCOC(=O)c1cc(-c2ccc(CC)cc2)n(-c2ccc(C(=O)N3CCCCC3CC)cc2)n1. The third kappa shape index (κ3) is 4.91. The van der Waals surface area contributed by atoms with E-state index in [1.807, 2.05) is 41.3 Å². The molecular weight excluding hydrogens is 426 g/mol. The Kier molecular flexibility index (Phi) is 7.46. The molecule has 2 aromatic carbocycles. The van der Waals surface area contributed by atoms with Crippen LogP contribution in [0.2, 0.25) is 0 Å². The van der Waals surface area contributed by atoms with Crippen LogP contribution in [0.25, 0.3) is 16.9 Å². The van der Waals surface area contributed by atoms with Gasteiger partial charge in [0.25, 0.3) is 5.91 Å². The van der Waals surface area contributed by atoms with Gasteiger partial charge in [0.1, 0.15) is 0 Å². The van der Waals surface area contributed by atoms with Crippen LogP contribution in [-0.2, 0) is 11.2 Å². The molecule has 4 rings (SSSR count). The van der Waals surface area contributed by atoms with Gasteiger partial charge in [-0.05, 0) is 74.9 Å². The van der Waals surface area contributed by atoms with Crippen molar-refractivity contribution in [3.8, 4) is 16.9 Å². The molecule has 2 heterocycles. The van der Waals surface area contributed by atoms with Gasteiger partial charge in [0.05, 0.1) is 18.0 Å². The van der Waals surface area contributed by atoms with Crippen molar-refractivity contribution in [2.24, 2.45) is 0 Å². The van der Waals surface area contributed by atoms with Crippen LogP contribution >= 0.6 is 0 Å². The van der Waals surface area contributed by atoms with Gasteiger partial charge in [0, 0.05) is 23.7 Å². The van der Waals surface area contributed by atoms with Gasteiger partial charge >= 0.3 is 5.97 Å². The zero-order valence-corrected chi connectivity index (χ0v) is 20.3. The van der Waals surface area contributed by atoms with Gasteiger partial charge in [0.2, 0.25) is 0 Å². The number of carbonyl (C=O) groups is 2. The number of likely N-dealkylation sites (tertiary alicyclic amines) is 1. The average molecular weight is 460 g/mol. The first kappa shape index (κ1) is 23.7. The van der Waals surface area contributed by atoms with E-state index in [0.717, 1.165) is 49.2 Å². The standard InChI is InChI=1S/C28H33N3O3/c1-4-20-10-12-21(13-11-20)26-19-25(28(33)34-6-3)29-31(26)24-16-14-22(15-17-24)27(32)30-18-8-7-9-23(30)5-2/h10-17,19,23H,4-9,18H2,1-3H3. The molecule has 0 saturated carbocycles. The largest absolute Gasteiger partial charge is 0.461 e. The van der Waals surface area contributed by atoms with E-state index in [0.29, 0.717) is 11.6 Å². The highest BCUT2D eigenvalue weighted by Crippen LogP contribution is 2.26. The highest BCUT2D eigenvalue weighted by Gasteiger charge is 2.26. The second-order valence-electron chi connectivity index (χ2n) is 8.70. The molecule has 3 aromatic rings. The Balaban J connectivity index is 1.67. The van der Waals surface area contributed by atoms with Gasteiger partial charge < -0.3 is 9.64 Å². The zero-order chi connectivity index (χ0) is 24.1. The summed E-state index contributed by atoms with van der Waals surface area (Å²) in [6.07, 6.45) is 5.26. The third-order valence-corrected chi connectivity index (χ3v) is 6.57. The Morgan fingerprint density at radius 3 is 2.38 bits per heavy atom. The molecule has 1 aromatic heterocycles. The molecule has 0 spiro atoms. The van der Waals surface area contributed by atoms with Crippen LogP contribution < -0.4 is 0 Å². The summed E-state index contributed by atoms with van der Waals surface area (Å²) >= 11 is 0. The van der Waals surface area contributed by atoms with E-state index in [-0.39, 0.29) is 18.2 Å². The lowest BCUT2D eigenvalue weighted by atomic mass is 9.99. The van der Waals surface area contributed by atoms with Crippen LogP contribution in [0.3, 0.4) is 0 Å². The lowest BCUT2D eigenvalue weighted by Gasteiger charge is -2.35. The number of carbonyl (C=O) groups excluding carboxylic acids is 2. The van der Waals surface area contributed by atoms with E-state index in [9.17, 15) is 9.59 Å². The molecule has 0 bridgehead atoms. The zero-order valence-electron chi connectivity index (χ0n) is 20.3. The normalized spacial score (nSPS) is 15.9. The van der Waals surface area contributed by atoms with Crippen molar-refractivity contribution in [1.82, 2.24) is 14.7 Å². The van der Waals surface area contributed by atoms with Gasteiger partial charge in [-0.25, -0.2) is 9.48 Å². The maximum atomic E-state index is 13.2. The number of benzene rings is 2. The second kappa shape index (κ2) is 10.7. The molecule has 1 aliphatic rings. The summed E-state index contributed by atoms with van der Waals surface area (Å²) in [6.45, 7) is 7.15. The van der Waals surface area contributed by atoms with Gasteiger partial charge in [-0.15, -0.1) is 0 Å². The molecule has 6 heteroatoms. The lowest BCUT2D eigenvalue weighted by molar-refractivity contribution is 0.0518. The molecule has 1 aliphatic heterocycles. The number of aryl methyl sites for hydroxylation is 1. The van der Waals surface area contributed by atoms with Crippen molar-refractivity contribution in [3.63, 3.8) is 0 Å². The van der Waals surface area contributed by atoms with E-state index >= 15 is 0 Å². The Hall–Kier alpha value is -3.41. The first-order valence-electron chi connectivity index (χ1n) is 12.3. The fraction of sp³-hybridized carbons (Fsp3) is 0.393. The van der Waals surface area contributed by atoms with E-state index in [1.54, 1.807) is 17.7 Å².